The summed E-state index contributed by atoms with van der Waals surface area (Å²) in [5, 5.41) is 8.97. The Labute approximate surface area is 64.4 Å². The van der Waals surface area contributed by atoms with Gasteiger partial charge < -0.3 is 9.90 Å². The van der Waals surface area contributed by atoms with E-state index < -0.39 is 5.60 Å². The summed E-state index contributed by atoms with van der Waals surface area (Å²) in [6.07, 6.45) is 0.792. The molecule has 3 heteroatoms. The van der Waals surface area contributed by atoms with E-state index in [1.54, 1.807) is 20.8 Å². The monoisotopic (exact) mass is 196 g/mol. The third kappa shape index (κ3) is 246. The molecule has 0 heterocycles. The molecular formula is C6H13BrO2. The first-order chi connectivity index (χ1) is 3.91. The zero-order valence-corrected chi connectivity index (χ0v) is 7.60. The van der Waals surface area contributed by atoms with Gasteiger partial charge in [0.2, 0.25) is 0 Å². The number of carbonyl (C=O) groups is 1. The third-order valence-corrected chi connectivity index (χ3v) is 0.327. The van der Waals surface area contributed by atoms with Crippen LogP contribution in [0.15, 0.2) is 0 Å². The van der Waals surface area contributed by atoms with Gasteiger partial charge in [0.25, 0.3) is 0 Å². The minimum atomic E-state index is -0.500. The highest BCUT2D eigenvalue weighted by atomic mass is 79.9. The van der Waals surface area contributed by atoms with Crippen LogP contribution in [0.2, 0.25) is 0 Å². The zero-order chi connectivity index (χ0) is 7.91. The quantitative estimate of drug-likeness (QED) is 0.509. The molecule has 2 nitrogen and oxygen atoms in total. The minimum absolute atomic E-state index is 0.451. The summed E-state index contributed by atoms with van der Waals surface area (Å²) in [7, 11) is 0. The molecule has 0 atom stereocenters. The number of carbonyl (C=O) groups excluding carboxylic acids is 1. The molecule has 0 saturated carbocycles. The maximum Gasteiger partial charge on any atom is 0.130 e. The number of aliphatic hydroxyl groups is 1. The lowest BCUT2D eigenvalue weighted by Crippen LogP contribution is -2.10. The number of hydrogen-bond donors (Lipinski definition) is 1. The molecule has 0 aliphatic rings. The molecule has 0 aliphatic carbocycles. The summed E-state index contributed by atoms with van der Waals surface area (Å²) in [6, 6.07) is 0. The Morgan fingerprint density at radius 1 is 1.56 bits per heavy atom. The van der Waals surface area contributed by atoms with E-state index in [1.807, 2.05) is 0 Å². The van der Waals surface area contributed by atoms with Crippen LogP contribution in [-0.4, -0.2) is 22.3 Å². The molecule has 0 saturated heterocycles. The average molecular weight is 197 g/mol. The van der Waals surface area contributed by atoms with Crippen LogP contribution in [0.3, 0.4) is 0 Å². The minimum Gasteiger partial charge on any atom is -0.391 e. The Bertz CT molecular complexity index is 59.9. The summed E-state index contributed by atoms with van der Waals surface area (Å²) in [5.74, 6) is 0. The van der Waals surface area contributed by atoms with Crippen LogP contribution in [0.25, 0.3) is 0 Å². The SMILES string of the molecule is CC(C)(C)O.O=CCBr. The molecule has 0 aromatic rings. The molecule has 56 valence electrons. The lowest BCUT2D eigenvalue weighted by Gasteiger charge is -2.04. The van der Waals surface area contributed by atoms with Crippen molar-refractivity contribution >= 4 is 22.2 Å². The standard InChI is InChI=1S/C4H10O.C2H3BrO/c1-4(2,3)5;3-1-2-4/h5H,1-3H3;2H,1H2. The number of alkyl halides is 1. The van der Waals surface area contributed by atoms with Crippen molar-refractivity contribution in [2.45, 2.75) is 26.4 Å². The second kappa shape index (κ2) is 6.23. The first kappa shape index (κ1) is 11.9. The van der Waals surface area contributed by atoms with Crippen LogP contribution < -0.4 is 0 Å². The van der Waals surface area contributed by atoms with E-state index in [-0.39, 0.29) is 0 Å². The highest BCUT2D eigenvalue weighted by Gasteiger charge is 1.97. The van der Waals surface area contributed by atoms with Crippen molar-refractivity contribution in [3.8, 4) is 0 Å². The molecule has 0 amide bonds. The molecule has 0 rings (SSSR count). The number of rotatable bonds is 1. The first-order valence-corrected chi connectivity index (χ1v) is 3.76. The highest BCUT2D eigenvalue weighted by Crippen LogP contribution is 1.93. The van der Waals surface area contributed by atoms with Gasteiger partial charge in [-0.2, -0.15) is 0 Å². The van der Waals surface area contributed by atoms with E-state index in [0.717, 1.165) is 6.29 Å². The number of halogens is 1. The fourth-order valence-corrected chi connectivity index (χ4v) is 0. The maximum atomic E-state index is 9.13. The summed E-state index contributed by atoms with van der Waals surface area (Å²) < 4.78 is 0. The van der Waals surface area contributed by atoms with E-state index >= 15 is 0 Å². The van der Waals surface area contributed by atoms with Crippen molar-refractivity contribution in [2.24, 2.45) is 0 Å². The third-order valence-electron chi connectivity index (χ3n) is 0.0630. The summed E-state index contributed by atoms with van der Waals surface area (Å²) in [6.45, 7) is 5.23. The molecule has 0 spiro atoms. The average Bonchev–Trinajstić information content (AvgIpc) is 1.61. The van der Waals surface area contributed by atoms with Crippen molar-refractivity contribution in [3.05, 3.63) is 0 Å². The predicted octanol–water partition coefficient (Wildman–Crippen LogP) is 1.36. The maximum absolute atomic E-state index is 9.13. The predicted molar refractivity (Wildman–Crippen MR) is 41.8 cm³/mol. The zero-order valence-electron chi connectivity index (χ0n) is 6.02. The molecule has 0 unspecified atom stereocenters. The lowest BCUT2D eigenvalue weighted by atomic mass is 10.2. The van der Waals surface area contributed by atoms with Crippen molar-refractivity contribution in [3.63, 3.8) is 0 Å². The second-order valence-electron chi connectivity index (χ2n) is 2.49. The molecule has 0 aromatic heterocycles. The van der Waals surface area contributed by atoms with Crippen molar-refractivity contribution < 1.29 is 9.90 Å². The van der Waals surface area contributed by atoms with Gasteiger partial charge in [-0.1, -0.05) is 15.9 Å². The summed E-state index contributed by atoms with van der Waals surface area (Å²) in [5.41, 5.74) is -0.500. The van der Waals surface area contributed by atoms with Crippen molar-refractivity contribution in [2.75, 3.05) is 5.33 Å². The van der Waals surface area contributed by atoms with Gasteiger partial charge in [0.15, 0.2) is 0 Å². The molecule has 1 N–H and O–H groups in total. The van der Waals surface area contributed by atoms with Gasteiger partial charge in [-0.05, 0) is 20.8 Å². The van der Waals surface area contributed by atoms with Gasteiger partial charge in [-0.15, -0.1) is 0 Å². The molecule has 0 fully saturated rings. The summed E-state index contributed by atoms with van der Waals surface area (Å²) >= 11 is 2.88. The van der Waals surface area contributed by atoms with Crippen LogP contribution in [0, 0.1) is 0 Å². The molecule has 0 aromatic carbocycles. The van der Waals surface area contributed by atoms with Crippen LogP contribution in [0.4, 0.5) is 0 Å². The summed E-state index contributed by atoms with van der Waals surface area (Å²) in [4.78, 5) is 9.13. The number of aldehydes is 1. The Morgan fingerprint density at radius 2 is 1.67 bits per heavy atom. The van der Waals surface area contributed by atoms with Gasteiger partial charge in [-0.3, -0.25) is 0 Å². The first-order valence-electron chi connectivity index (χ1n) is 2.63. The van der Waals surface area contributed by atoms with Gasteiger partial charge >= 0.3 is 0 Å². The van der Waals surface area contributed by atoms with Gasteiger partial charge in [0, 0.05) is 0 Å². The molecule has 0 aliphatic heterocycles. The van der Waals surface area contributed by atoms with Gasteiger partial charge in [0.1, 0.15) is 6.29 Å². The Morgan fingerprint density at radius 3 is 1.67 bits per heavy atom. The molecule has 0 bridgehead atoms. The van der Waals surface area contributed by atoms with Crippen LogP contribution in [0.1, 0.15) is 20.8 Å². The van der Waals surface area contributed by atoms with E-state index in [0.29, 0.717) is 5.33 Å². The second-order valence-corrected chi connectivity index (χ2v) is 3.14. The van der Waals surface area contributed by atoms with E-state index in [1.165, 1.54) is 0 Å². The van der Waals surface area contributed by atoms with E-state index in [4.69, 9.17) is 9.90 Å². The van der Waals surface area contributed by atoms with Gasteiger partial charge in [-0.25, -0.2) is 0 Å². The van der Waals surface area contributed by atoms with Gasteiger partial charge in [0.05, 0.1) is 10.9 Å². The van der Waals surface area contributed by atoms with Crippen molar-refractivity contribution in [1.82, 2.24) is 0 Å². The van der Waals surface area contributed by atoms with Crippen LogP contribution in [-0.2, 0) is 4.79 Å². The highest BCUT2D eigenvalue weighted by molar-refractivity contribution is 9.09. The van der Waals surface area contributed by atoms with E-state index in [2.05, 4.69) is 15.9 Å². The fraction of sp³-hybridized carbons (Fsp3) is 0.833. The Hall–Kier alpha value is 0.110. The van der Waals surface area contributed by atoms with Crippen LogP contribution >= 0.6 is 15.9 Å². The normalized spacial score (nSPS) is 9.44. The molecule has 9 heavy (non-hydrogen) atoms. The smallest absolute Gasteiger partial charge is 0.130 e. The molecular weight excluding hydrogens is 184 g/mol. The largest absolute Gasteiger partial charge is 0.391 e. The topological polar surface area (TPSA) is 37.3 Å². The number of hydrogen-bond acceptors (Lipinski definition) is 2. The fourth-order valence-electron chi connectivity index (χ4n) is 0. The van der Waals surface area contributed by atoms with E-state index in [9.17, 15) is 0 Å². The lowest BCUT2D eigenvalue weighted by molar-refractivity contribution is -0.105. The molecule has 0 radical (unpaired) electrons. The van der Waals surface area contributed by atoms with Crippen LogP contribution in [0.5, 0.6) is 0 Å². The van der Waals surface area contributed by atoms with Crippen molar-refractivity contribution in [1.29, 1.82) is 0 Å². The Balaban J connectivity index is 0. The Kier molecular flexibility index (Phi) is 8.21.